The molecule has 6 atom stereocenters. The molecule has 0 radical (unpaired) electrons. The Bertz CT molecular complexity index is 1010. The predicted molar refractivity (Wildman–Crippen MR) is 96.4 cm³/mol. The summed E-state index contributed by atoms with van der Waals surface area (Å²) in [5.74, 6) is -5.08. The zero-order valence-electron chi connectivity index (χ0n) is 16.2. The summed E-state index contributed by atoms with van der Waals surface area (Å²) in [5, 5.41) is 0. The third kappa shape index (κ3) is 3.04. The van der Waals surface area contributed by atoms with Gasteiger partial charge in [-0.15, -0.1) is 0 Å². The standard InChI is InChI=1S/C21H16F6N2O3/c22-20(23,24)9-2-1-3-10(6-9)28(19(32)21(25,26)27)8-29-17(30)15-11-4-5-12(14-7-13(11)14)16(15)18(29)31/h1-6,11-16H,7-8H2/t11-,12-,13-,14-,15-,16+/m1/s1. The monoisotopic (exact) mass is 458 g/mol. The average Bonchev–Trinajstić information content (AvgIpc) is 3.50. The van der Waals surface area contributed by atoms with Crippen molar-refractivity contribution in [3.63, 3.8) is 0 Å². The van der Waals surface area contributed by atoms with Gasteiger partial charge < -0.3 is 0 Å². The van der Waals surface area contributed by atoms with E-state index in [0.29, 0.717) is 17.0 Å². The van der Waals surface area contributed by atoms with Gasteiger partial charge in [0.2, 0.25) is 11.8 Å². The number of carbonyl (C=O) groups is 3. The van der Waals surface area contributed by atoms with Crippen LogP contribution in [0.3, 0.4) is 0 Å². The Labute approximate surface area is 177 Å². The van der Waals surface area contributed by atoms with Crippen molar-refractivity contribution >= 4 is 23.4 Å². The van der Waals surface area contributed by atoms with E-state index in [1.54, 1.807) is 0 Å². The number of anilines is 1. The third-order valence-electron chi connectivity index (χ3n) is 7.01. The van der Waals surface area contributed by atoms with E-state index in [1.807, 2.05) is 12.2 Å². The molecule has 1 aromatic rings. The van der Waals surface area contributed by atoms with Crippen LogP contribution < -0.4 is 4.90 Å². The zero-order valence-corrected chi connectivity index (χ0v) is 16.2. The van der Waals surface area contributed by atoms with Gasteiger partial charge in [-0.25, -0.2) is 0 Å². The largest absolute Gasteiger partial charge is 0.471 e. The number of alkyl halides is 6. The summed E-state index contributed by atoms with van der Waals surface area (Å²) in [6.07, 6.45) is -5.64. The first-order valence-electron chi connectivity index (χ1n) is 9.99. The van der Waals surface area contributed by atoms with Crippen molar-refractivity contribution in [3.05, 3.63) is 42.0 Å². The van der Waals surface area contributed by atoms with Crippen molar-refractivity contribution in [2.75, 3.05) is 11.6 Å². The van der Waals surface area contributed by atoms with Crippen LogP contribution in [0.1, 0.15) is 12.0 Å². The van der Waals surface area contributed by atoms with Crippen molar-refractivity contribution in [1.29, 1.82) is 0 Å². The van der Waals surface area contributed by atoms with Gasteiger partial charge in [0.15, 0.2) is 0 Å². The molecule has 0 aromatic heterocycles. The van der Waals surface area contributed by atoms with E-state index in [1.165, 1.54) is 0 Å². The molecule has 3 fully saturated rings. The zero-order chi connectivity index (χ0) is 23.2. The minimum Gasteiger partial charge on any atom is -0.286 e. The van der Waals surface area contributed by atoms with Crippen LogP contribution in [-0.2, 0) is 20.6 Å². The number of rotatable bonds is 3. The van der Waals surface area contributed by atoms with E-state index in [9.17, 15) is 40.7 Å². The number of hydrogen-bond acceptors (Lipinski definition) is 3. The second-order valence-corrected chi connectivity index (χ2v) is 8.68. The van der Waals surface area contributed by atoms with Crippen LogP contribution in [0.2, 0.25) is 0 Å². The van der Waals surface area contributed by atoms with Gasteiger partial charge in [-0.05, 0) is 48.3 Å². The molecule has 1 saturated heterocycles. The fourth-order valence-corrected chi connectivity index (χ4v) is 5.57. The summed E-state index contributed by atoms with van der Waals surface area (Å²) in [7, 11) is 0. The van der Waals surface area contributed by atoms with Crippen LogP contribution in [-0.4, -0.2) is 35.5 Å². The molecule has 5 aliphatic rings. The number of hydrogen-bond donors (Lipinski definition) is 0. The Morgan fingerprint density at radius 1 is 0.969 bits per heavy atom. The summed E-state index contributed by atoms with van der Waals surface area (Å²) in [6.45, 7) is -1.10. The molecule has 11 heteroatoms. The maximum Gasteiger partial charge on any atom is 0.471 e. The minimum absolute atomic E-state index is 0.0123. The van der Waals surface area contributed by atoms with Crippen LogP contribution in [0, 0.1) is 35.5 Å². The van der Waals surface area contributed by atoms with Crippen molar-refractivity contribution in [1.82, 2.24) is 4.90 Å². The molecule has 32 heavy (non-hydrogen) atoms. The first kappa shape index (κ1) is 21.0. The molecular formula is C21H16F6N2O3. The van der Waals surface area contributed by atoms with Crippen LogP contribution >= 0.6 is 0 Å². The SMILES string of the molecule is O=C1[C@@H]2[C@@H]3C=C[C@H]([C@H]4C[C@H]34)[C@@H]2C(=O)N1CN(C(=O)C(F)(F)F)c1cccc(C(F)(F)F)c1. The summed E-state index contributed by atoms with van der Waals surface area (Å²) >= 11 is 0. The van der Waals surface area contributed by atoms with Gasteiger partial charge in [-0.1, -0.05) is 18.2 Å². The summed E-state index contributed by atoms with van der Waals surface area (Å²) in [6, 6.07) is 2.80. The fraction of sp³-hybridized carbons (Fsp3) is 0.476. The highest BCUT2D eigenvalue weighted by Gasteiger charge is 2.67. The second kappa shape index (κ2) is 6.58. The summed E-state index contributed by atoms with van der Waals surface area (Å²) in [4.78, 5) is 38.8. The van der Waals surface area contributed by atoms with Gasteiger partial charge in [0, 0.05) is 5.69 Å². The highest BCUT2D eigenvalue weighted by Crippen LogP contribution is 2.65. The highest BCUT2D eigenvalue weighted by atomic mass is 19.4. The molecule has 3 amide bonds. The Morgan fingerprint density at radius 2 is 1.53 bits per heavy atom. The quantitative estimate of drug-likeness (QED) is 0.395. The van der Waals surface area contributed by atoms with E-state index in [0.717, 1.165) is 18.6 Å². The lowest BCUT2D eigenvalue weighted by Crippen LogP contribution is -2.49. The molecule has 170 valence electrons. The van der Waals surface area contributed by atoms with Crippen LogP contribution in [0.25, 0.3) is 0 Å². The molecule has 1 aromatic carbocycles. The van der Waals surface area contributed by atoms with E-state index < -0.39 is 59.8 Å². The number of carbonyl (C=O) groups excluding carboxylic acids is 3. The van der Waals surface area contributed by atoms with Gasteiger partial charge in [0.05, 0.1) is 17.4 Å². The lowest BCUT2D eigenvalue weighted by Gasteiger charge is -2.37. The Kier molecular flexibility index (Phi) is 4.32. The first-order valence-corrected chi connectivity index (χ1v) is 9.99. The molecule has 0 N–H and O–H groups in total. The lowest BCUT2D eigenvalue weighted by atomic mass is 9.63. The maximum atomic E-state index is 13.3. The molecule has 2 bridgehead atoms. The Balaban J connectivity index is 1.48. The number of allylic oxidation sites excluding steroid dienone is 2. The number of likely N-dealkylation sites (tertiary alicyclic amines) is 1. The molecule has 5 nitrogen and oxygen atoms in total. The highest BCUT2D eigenvalue weighted by molar-refractivity contribution is 6.07. The molecular weight excluding hydrogens is 442 g/mol. The van der Waals surface area contributed by atoms with Gasteiger partial charge in [-0.3, -0.25) is 24.2 Å². The number of imide groups is 1. The summed E-state index contributed by atoms with van der Waals surface area (Å²) in [5.41, 5.74) is -1.97. The van der Waals surface area contributed by atoms with E-state index in [-0.39, 0.29) is 28.6 Å². The molecule has 0 unspecified atom stereocenters. The smallest absolute Gasteiger partial charge is 0.286 e. The molecule has 1 aliphatic heterocycles. The van der Waals surface area contributed by atoms with Gasteiger partial charge >= 0.3 is 18.3 Å². The van der Waals surface area contributed by atoms with Crippen molar-refractivity contribution in [2.45, 2.75) is 18.8 Å². The predicted octanol–water partition coefficient (Wildman–Crippen LogP) is 3.61. The van der Waals surface area contributed by atoms with E-state index in [2.05, 4.69) is 0 Å². The minimum atomic E-state index is -5.42. The lowest BCUT2D eigenvalue weighted by molar-refractivity contribution is -0.171. The summed E-state index contributed by atoms with van der Waals surface area (Å²) < 4.78 is 79.0. The topological polar surface area (TPSA) is 57.7 Å². The molecule has 6 rings (SSSR count). The van der Waals surface area contributed by atoms with Crippen molar-refractivity contribution in [2.24, 2.45) is 35.5 Å². The van der Waals surface area contributed by atoms with E-state index in [4.69, 9.17) is 0 Å². The average molecular weight is 458 g/mol. The molecule has 2 saturated carbocycles. The maximum absolute atomic E-state index is 13.3. The number of nitrogens with zero attached hydrogens (tertiary/aromatic N) is 2. The van der Waals surface area contributed by atoms with Gasteiger partial charge in [0.25, 0.3) is 0 Å². The number of halogens is 6. The second-order valence-electron chi connectivity index (χ2n) is 8.68. The van der Waals surface area contributed by atoms with E-state index >= 15 is 0 Å². The fourth-order valence-electron chi connectivity index (χ4n) is 5.57. The van der Waals surface area contributed by atoms with Crippen LogP contribution in [0.4, 0.5) is 32.0 Å². The Morgan fingerprint density at radius 3 is 2.03 bits per heavy atom. The third-order valence-corrected chi connectivity index (χ3v) is 7.01. The number of amides is 3. The van der Waals surface area contributed by atoms with Crippen molar-refractivity contribution in [3.8, 4) is 0 Å². The van der Waals surface area contributed by atoms with Crippen LogP contribution in [0.5, 0.6) is 0 Å². The van der Waals surface area contributed by atoms with Gasteiger partial charge in [0.1, 0.15) is 6.67 Å². The number of benzene rings is 1. The Hall–Kier alpha value is -2.85. The molecule has 4 aliphatic carbocycles. The van der Waals surface area contributed by atoms with Crippen molar-refractivity contribution < 1.29 is 40.7 Å². The van der Waals surface area contributed by atoms with Gasteiger partial charge in [-0.2, -0.15) is 26.3 Å². The molecule has 0 spiro atoms. The van der Waals surface area contributed by atoms with Crippen LogP contribution in [0.15, 0.2) is 36.4 Å². The molecule has 1 heterocycles. The normalized spacial score (nSPS) is 32.8. The first-order chi connectivity index (χ1) is 14.9.